The van der Waals surface area contributed by atoms with Crippen LogP contribution in [0.4, 0.5) is 5.69 Å². The number of hydrogen-bond donors (Lipinski definition) is 0. The molecule has 34 heavy (non-hydrogen) atoms. The van der Waals surface area contributed by atoms with Gasteiger partial charge in [0, 0.05) is 56.7 Å². The first-order valence-electron chi connectivity index (χ1n) is 11.7. The highest BCUT2D eigenvalue weighted by Gasteiger charge is 2.42. The maximum Gasteiger partial charge on any atom is 0.252 e. The molecule has 3 aromatic heterocycles. The third-order valence-electron chi connectivity index (χ3n) is 7.52. The average Bonchev–Trinajstić information content (AvgIpc) is 3.30. The van der Waals surface area contributed by atoms with Gasteiger partial charge in [0.2, 0.25) is 0 Å². The number of aryl methyl sites for hydroxylation is 1. The number of pyridine rings is 1. The Balaban J connectivity index is 1.32. The summed E-state index contributed by atoms with van der Waals surface area (Å²) in [6.45, 7) is 4.22. The van der Waals surface area contributed by atoms with E-state index < -0.39 is 0 Å². The number of piperidine rings is 2. The Morgan fingerprint density at radius 1 is 1.12 bits per heavy atom. The second-order valence-electron chi connectivity index (χ2n) is 9.36. The van der Waals surface area contributed by atoms with Crippen LogP contribution in [-0.4, -0.2) is 54.4 Å². The first-order valence-corrected chi connectivity index (χ1v) is 11.7. The topological polar surface area (TPSA) is 95.9 Å². The highest BCUT2D eigenvalue weighted by Crippen LogP contribution is 2.39. The number of rotatable bonds is 4. The van der Waals surface area contributed by atoms with Crippen molar-refractivity contribution >= 4 is 27.8 Å². The van der Waals surface area contributed by atoms with Crippen LogP contribution in [-0.2, 0) is 13.6 Å². The van der Waals surface area contributed by atoms with Crippen molar-refractivity contribution in [3.8, 4) is 6.07 Å². The van der Waals surface area contributed by atoms with E-state index in [0.29, 0.717) is 12.1 Å². The van der Waals surface area contributed by atoms with E-state index in [9.17, 15) is 4.79 Å². The molecule has 0 radical (unpaired) electrons. The predicted octanol–water partition coefficient (Wildman–Crippen LogP) is 2.62. The Labute approximate surface area is 196 Å². The van der Waals surface area contributed by atoms with Crippen LogP contribution < -0.4 is 10.5 Å². The van der Waals surface area contributed by atoms with Crippen LogP contribution in [0.3, 0.4) is 0 Å². The van der Waals surface area contributed by atoms with Gasteiger partial charge in [-0.1, -0.05) is 6.07 Å². The fourth-order valence-electron chi connectivity index (χ4n) is 5.67. The number of anilines is 1. The summed E-state index contributed by atoms with van der Waals surface area (Å²) in [4.78, 5) is 26.6. The van der Waals surface area contributed by atoms with Gasteiger partial charge in [-0.15, -0.1) is 0 Å². The lowest BCUT2D eigenvalue weighted by atomic mass is 9.88. The quantitative estimate of drug-likeness (QED) is 0.468. The molecule has 0 saturated carbocycles. The second-order valence-corrected chi connectivity index (χ2v) is 9.36. The van der Waals surface area contributed by atoms with E-state index in [1.54, 1.807) is 41.0 Å². The molecule has 6 heterocycles. The number of fused-ring (bicyclic) bond motifs is 5. The van der Waals surface area contributed by atoms with Gasteiger partial charge in [-0.3, -0.25) is 24.3 Å². The van der Waals surface area contributed by atoms with Gasteiger partial charge >= 0.3 is 0 Å². The largest absolute Gasteiger partial charge is 0.364 e. The fraction of sp³-hybridized carbons (Fsp3) is 0.400. The van der Waals surface area contributed by atoms with E-state index in [2.05, 4.69) is 56.1 Å². The van der Waals surface area contributed by atoms with Crippen molar-refractivity contribution < 1.29 is 0 Å². The molecule has 3 saturated heterocycles. The summed E-state index contributed by atoms with van der Waals surface area (Å²) in [7, 11) is 1.76. The molecule has 2 bridgehead atoms. The van der Waals surface area contributed by atoms with Crippen LogP contribution in [0.5, 0.6) is 0 Å². The molecular formula is C25H26N8O. The van der Waals surface area contributed by atoms with Crippen molar-refractivity contribution in [1.29, 1.82) is 5.26 Å². The summed E-state index contributed by atoms with van der Waals surface area (Å²) < 4.78 is 3.23. The van der Waals surface area contributed by atoms with Gasteiger partial charge in [-0.2, -0.15) is 10.4 Å². The smallest absolute Gasteiger partial charge is 0.252 e. The van der Waals surface area contributed by atoms with E-state index in [4.69, 9.17) is 5.26 Å². The Kier molecular flexibility index (Phi) is 4.85. The highest BCUT2D eigenvalue weighted by molar-refractivity contribution is 5.88. The van der Waals surface area contributed by atoms with Crippen LogP contribution in [0, 0.1) is 11.3 Å². The molecule has 9 heteroatoms. The molecule has 0 aliphatic carbocycles. The summed E-state index contributed by atoms with van der Waals surface area (Å²) in [5.41, 5.74) is 5.47. The number of benzene rings is 1. The Bertz CT molecular complexity index is 1500. The van der Waals surface area contributed by atoms with Gasteiger partial charge in [-0.05, 0) is 37.5 Å². The predicted molar refractivity (Wildman–Crippen MR) is 129 cm³/mol. The normalized spacial score (nSPS) is 21.3. The van der Waals surface area contributed by atoms with E-state index in [1.807, 2.05) is 0 Å². The van der Waals surface area contributed by atoms with Gasteiger partial charge in [-0.25, -0.2) is 0 Å². The third kappa shape index (κ3) is 3.25. The van der Waals surface area contributed by atoms with Gasteiger partial charge in [0.05, 0.1) is 34.5 Å². The minimum absolute atomic E-state index is 0.0528. The zero-order chi connectivity index (χ0) is 23.4. The Morgan fingerprint density at radius 3 is 2.68 bits per heavy atom. The number of piperazine rings is 1. The Hall–Kier alpha value is -3.77. The molecule has 1 aromatic carbocycles. The maximum absolute atomic E-state index is 12.7. The lowest BCUT2D eigenvalue weighted by molar-refractivity contribution is 0.0602. The van der Waals surface area contributed by atoms with Crippen LogP contribution >= 0.6 is 0 Å². The molecule has 0 spiro atoms. The molecule has 0 amide bonds. The molecule has 0 N–H and O–H groups in total. The number of hydrogen-bond acceptors (Lipinski definition) is 7. The molecule has 2 unspecified atom stereocenters. The van der Waals surface area contributed by atoms with Gasteiger partial charge in [0.25, 0.3) is 5.56 Å². The first-order chi connectivity index (χ1) is 16.5. The van der Waals surface area contributed by atoms with Crippen molar-refractivity contribution in [1.82, 2.24) is 29.2 Å². The number of nitrogens with zero attached hydrogens (tertiary/aromatic N) is 8. The lowest BCUT2D eigenvalue weighted by Crippen LogP contribution is -2.63. The summed E-state index contributed by atoms with van der Waals surface area (Å²) in [5.74, 6) is 0. The van der Waals surface area contributed by atoms with Crippen LogP contribution in [0.15, 0.2) is 47.7 Å². The average molecular weight is 455 g/mol. The second kappa shape index (κ2) is 7.92. The van der Waals surface area contributed by atoms with Crippen molar-refractivity contribution in [3.05, 3.63) is 58.8 Å². The van der Waals surface area contributed by atoms with Crippen LogP contribution in [0.1, 0.15) is 31.4 Å². The van der Waals surface area contributed by atoms with E-state index in [0.717, 1.165) is 53.7 Å². The molecule has 4 aromatic rings. The van der Waals surface area contributed by atoms with E-state index in [1.165, 1.54) is 5.56 Å². The highest BCUT2D eigenvalue weighted by atomic mass is 16.1. The fourth-order valence-corrected chi connectivity index (χ4v) is 5.67. The summed E-state index contributed by atoms with van der Waals surface area (Å²) in [6, 6.07) is 11.2. The van der Waals surface area contributed by atoms with Crippen molar-refractivity contribution in [2.24, 2.45) is 7.05 Å². The summed E-state index contributed by atoms with van der Waals surface area (Å²) in [5, 5.41) is 13.8. The van der Waals surface area contributed by atoms with Gasteiger partial charge < -0.3 is 9.47 Å². The molecular weight excluding hydrogens is 428 g/mol. The molecule has 3 fully saturated rings. The van der Waals surface area contributed by atoms with Crippen molar-refractivity contribution in [2.45, 2.75) is 44.4 Å². The maximum atomic E-state index is 12.7. The molecule has 3 aliphatic rings. The SMILES string of the molecule is C[C@H](c1ccc2nccnc2c1)N1CC2CCC1CN2c1cc(=O)n(C)c2cn(CC#N)nc12. The molecule has 7 rings (SSSR count). The zero-order valence-corrected chi connectivity index (χ0v) is 19.3. The summed E-state index contributed by atoms with van der Waals surface area (Å²) >= 11 is 0. The number of aromatic nitrogens is 5. The van der Waals surface area contributed by atoms with Gasteiger partial charge in [0.15, 0.2) is 0 Å². The van der Waals surface area contributed by atoms with Crippen molar-refractivity contribution in [3.63, 3.8) is 0 Å². The standard InChI is InChI=1S/C25H26N8O/c1-16(17-3-6-20-21(11-17)28-9-8-27-20)32-13-19-5-4-18(32)14-33(19)22-12-24(34)30(2)23-15-31(10-7-26)29-25(22)23/h3,6,8-9,11-12,15-16,18-19H,4-5,10,13-14H2,1-2H3/t16-,18?,19?/m1/s1. The van der Waals surface area contributed by atoms with Crippen LogP contribution in [0.25, 0.3) is 22.1 Å². The molecule has 9 nitrogen and oxygen atoms in total. The third-order valence-corrected chi connectivity index (χ3v) is 7.52. The van der Waals surface area contributed by atoms with Crippen LogP contribution in [0.2, 0.25) is 0 Å². The van der Waals surface area contributed by atoms with E-state index >= 15 is 0 Å². The minimum Gasteiger partial charge on any atom is -0.364 e. The summed E-state index contributed by atoms with van der Waals surface area (Å²) in [6.07, 6.45) is 7.48. The first kappa shape index (κ1) is 20.8. The lowest BCUT2D eigenvalue weighted by Gasteiger charge is -2.54. The van der Waals surface area contributed by atoms with E-state index in [-0.39, 0.29) is 18.1 Å². The van der Waals surface area contributed by atoms with Gasteiger partial charge in [0.1, 0.15) is 12.1 Å². The monoisotopic (exact) mass is 454 g/mol. The molecule has 3 atom stereocenters. The zero-order valence-electron chi connectivity index (χ0n) is 19.3. The Morgan fingerprint density at radius 2 is 1.91 bits per heavy atom. The molecule has 3 aliphatic heterocycles. The minimum atomic E-state index is -0.0528. The van der Waals surface area contributed by atoms with Crippen molar-refractivity contribution in [2.75, 3.05) is 18.0 Å². The molecule has 172 valence electrons. The number of nitriles is 1.